The van der Waals surface area contributed by atoms with E-state index in [9.17, 15) is 0 Å². The predicted molar refractivity (Wildman–Crippen MR) is 63.0 cm³/mol. The van der Waals surface area contributed by atoms with Crippen molar-refractivity contribution in [1.29, 1.82) is 0 Å². The molecule has 4 N–H and O–H groups in total. The van der Waals surface area contributed by atoms with Crippen molar-refractivity contribution >= 4 is 0 Å². The van der Waals surface area contributed by atoms with Crippen LogP contribution in [0.5, 0.6) is 0 Å². The molecule has 0 aromatic rings. The molecule has 0 heterocycles. The molecule has 0 fully saturated rings. The first-order valence-corrected chi connectivity index (χ1v) is 6.24. The van der Waals surface area contributed by atoms with Gasteiger partial charge < -0.3 is 0 Å². The first-order chi connectivity index (χ1) is 7.31. The highest BCUT2D eigenvalue weighted by molar-refractivity contribution is 4.47. The van der Waals surface area contributed by atoms with E-state index in [1.165, 1.54) is 51.4 Å². The molecule has 0 aromatic carbocycles. The van der Waals surface area contributed by atoms with Crippen LogP contribution in [-0.2, 0) is 0 Å². The van der Waals surface area contributed by atoms with E-state index < -0.39 is 0 Å². The Morgan fingerprint density at radius 1 is 0.933 bits per heavy atom. The predicted octanol–water partition coefficient (Wildman–Crippen LogP) is 2.59. The Labute approximate surface area is 93.7 Å². The molecular weight excluding hydrogens is 190 g/mol. The summed E-state index contributed by atoms with van der Waals surface area (Å²) < 4.78 is 0. The van der Waals surface area contributed by atoms with Gasteiger partial charge in [-0.05, 0) is 6.42 Å². The summed E-state index contributed by atoms with van der Waals surface area (Å²) in [6.07, 6.45) is 11.6. The Kier molecular flexibility index (Phi) is 11.8. The highest BCUT2D eigenvalue weighted by Gasteiger charge is 1.96. The number of unbranched alkanes of at least 4 members (excludes halogenated alkanes) is 8. The minimum absolute atomic E-state index is 0.604. The SMILES string of the molecule is CCCCCCCCCCCN(O)NN. The van der Waals surface area contributed by atoms with Crippen LogP contribution in [0.1, 0.15) is 64.7 Å². The van der Waals surface area contributed by atoms with Crippen LogP contribution in [0.3, 0.4) is 0 Å². The molecule has 0 unspecified atom stereocenters. The van der Waals surface area contributed by atoms with E-state index in [0.29, 0.717) is 6.54 Å². The van der Waals surface area contributed by atoms with Crippen molar-refractivity contribution in [2.45, 2.75) is 64.7 Å². The van der Waals surface area contributed by atoms with Gasteiger partial charge in [0.15, 0.2) is 0 Å². The Morgan fingerprint density at radius 3 is 1.87 bits per heavy atom. The van der Waals surface area contributed by atoms with E-state index in [-0.39, 0.29) is 0 Å². The van der Waals surface area contributed by atoms with Crippen molar-refractivity contribution in [2.75, 3.05) is 6.54 Å². The van der Waals surface area contributed by atoms with Gasteiger partial charge in [0.2, 0.25) is 0 Å². The topological polar surface area (TPSA) is 61.5 Å². The largest absolute Gasteiger partial charge is 0.298 e. The zero-order valence-corrected chi connectivity index (χ0v) is 10.0. The van der Waals surface area contributed by atoms with E-state index in [0.717, 1.165) is 11.6 Å². The molecule has 0 aromatic heterocycles. The van der Waals surface area contributed by atoms with E-state index in [4.69, 9.17) is 11.0 Å². The average Bonchev–Trinajstić information content (AvgIpc) is 2.26. The molecule has 15 heavy (non-hydrogen) atoms. The van der Waals surface area contributed by atoms with Gasteiger partial charge in [0, 0.05) is 6.54 Å². The van der Waals surface area contributed by atoms with Gasteiger partial charge in [0.1, 0.15) is 0 Å². The second kappa shape index (κ2) is 11.9. The maximum Gasteiger partial charge on any atom is 0.0412 e. The van der Waals surface area contributed by atoms with Crippen LogP contribution in [0.4, 0.5) is 0 Å². The van der Waals surface area contributed by atoms with Crippen molar-refractivity contribution in [2.24, 2.45) is 5.84 Å². The fraction of sp³-hybridized carbons (Fsp3) is 1.00. The lowest BCUT2D eigenvalue weighted by atomic mass is 10.1. The summed E-state index contributed by atoms with van der Waals surface area (Å²) in [6, 6.07) is 0. The first-order valence-electron chi connectivity index (χ1n) is 6.24. The van der Waals surface area contributed by atoms with Crippen LogP contribution in [-0.4, -0.2) is 16.9 Å². The molecule has 0 rings (SSSR count). The number of nitrogens with one attached hydrogen (secondary N) is 1. The molecule has 4 nitrogen and oxygen atoms in total. The number of hydroxylamine groups is 1. The summed E-state index contributed by atoms with van der Waals surface area (Å²) >= 11 is 0. The molecule has 0 aliphatic heterocycles. The average molecular weight is 217 g/mol. The minimum Gasteiger partial charge on any atom is -0.298 e. The Morgan fingerprint density at radius 2 is 1.40 bits per heavy atom. The van der Waals surface area contributed by atoms with Crippen molar-refractivity contribution in [3.05, 3.63) is 0 Å². The minimum atomic E-state index is 0.604. The third-order valence-electron chi connectivity index (χ3n) is 2.62. The monoisotopic (exact) mass is 217 g/mol. The summed E-state index contributed by atoms with van der Waals surface area (Å²) in [6.45, 7) is 2.85. The highest BCUT2D eigenvalue weighted by Crippen LogP contribution is 2.09. The summed E-state index contributed by atoms with van der Waals surface area (Å²) in [5, 5.41) is 9.89. The van der Waals surface area contributed by atoms with Gasteiger partial charge in [-0.3, -0.25) is 11.0 Å². The van der Waals surface area contributed by atoms with Crippen molar-refractivity contribution < 1.29 is 5.21 Å². The van der Waals surface area contributed by atoms with Gasteiger partial charge in [0.25, 0.3) is 0 Å². The molecule has 0 amide bonds. The summed E-state index contributed by atoms with van der Waals surface area (Å²) in [7, 11) is 0. The zero-order valence-electron chi connectivity index (χ0n) is 10.0. The number of hydrogen-bond acceptors (Lipinski definition) is 4. The lowest BCUT2D eigenvalue weighted by Gasteiger charge is -2.11. The molecule has 4 heteroatoms. The molecule has 0 saturated heterocycles. The van der Waals surface area contributed by atoms with Gasteiger partial charge in [-0.1, -0.05) is 58.3 Å². The molecule has 0 aliphatic rings. The Hall–Kier alpha value is -0.160. The number of nitrogens with zero attached hydrogens (tertiary/aromatic N) is 1. The summed E-state index contributed by atoms with van der Waals surface area (Å²) in [4.78, 5) is 0. The van der Waals surface area contributed by atoms with Gasteiger partial charge in [-0.2, -0.15) is 5.53 Å². The normalized spacial score (nSPS) is 11.2. The standard InChI is InChI=1S/C11H27N3O/c1-2-3-4-5-6-7-8-9-10-11-14(15)13-12/h13,15H,2-12H2,1H3. The smallest absolute Gasteiger partial charge is 0.0412 e. The van der Waals surface area contributed by atoms with Gasteiger partial charge in [-0.25, -0.2) is 0 Å². The van der Waals surface area contributed by atoms with Crippen LogP contribution < -0.4 is 11.4 Å². The van der Waals surface area contributed by atoms with Crippen LogP contribution >= 0.6 is 0 Å². The second-order valence-corrected chi connectivity index (χ2v) is 4.08. The number of hydrogen-bond donors (Lipinski definition) is 3. The molecule has 0 spiro atoms. The third-order valence-corrected chi connectivity index (χ3v) is 2.62. The van der Waals surface area contributed by atoms with E-state index in [1.54, 1.807) is 0 Å². The molecule has 0 radical (unpaired) electrons. The van der Waals surface area contributed by atoms with Crippen LogP contribution in [0.25, 0.3) is 0 Å². The molecule has 0 bridgehead atoms. The van der Waals surface area contributed by atoms with Gasteiger partial charge in [0.05, 0.1) is 0 Å². The van der Waals surface area contributed by atoms with E-state index in [1.807, 2.05) is 0 Å². The van der Waals surface area contributed by atoms with E-state index in [2.05, 4.69) is 12.5 Å². The van der Waals surface area contributed by atoms with Crippen LogP contribution in [0, 0.1) is 0 Å². The lowest BCUT2D eigenvalue weighted by Crippen LogP contribution is -2.40. The summed E-state index contributed by atoms with van der Waals surface area (Å²) in [5.41, 5.74) is 2.18. The van der Waals surface area contributed by atoms with Crippen LogP contribution in [0.2, 0.25) is 0 Å². The molecular formula is C11H27N3O. The molecule has 0 atom stereocenters. The Balaban J connectivity index is 2.92. The third kappa shape index (κ3) is 11.8. The fourth-order valence-corrected chi connectivity index (χ4v) is 1.64. The van der Waals surface area contributed by atoms with Crippen LogP contribution in [0.15, 0.2) is 0 Å². The Bertz CT molecular complexity index is 122. The van der Waals surface area contributed by atoms with Crippen molar-refractivity contribution in [1.82, 2.24) is 10.7 Å². The number of nitrogens with two attached hydrogens (primary N) is 1. The van der Waals surface area contributed by atoms with E-state index >= 15 is 0 Å². The maximum atomic E-state index is 8.95. The highest BCUT2D eigenvalue weighted by atomic mass is 16.5. The van der Waals surface area contributed by atoms with Gasteiger partial charge >= 0.3 is 0 Å². The van der Waals surface area contributed by atoms with Gasteiger partial charge in [-0.15, -0.1) is 5.17 Å². The molecule has 92 valence electrons. The number of hydrazine groups is 2. The number of rotatable bonds is 11. The second-order valence-electron chi connectivity index (χ2n) is 4.08. The fourth-order valence-electron chi connectivity index (χ4n) is 1.64. The maximum absolute atomic E-state index is 8.95. The zero-order chi connectivity index (χ0) is 11.4. The molecule has 0 saturated carbocycles. The molecule has 0 aliphatic carbocycles. The summed E-state index contributed by atoms with van der Waals surface area (Å²) in [5.74, 6) is 5.01. The lowest BCUT2D eigenvalue weighted by molar-refractivity contribution is -0.138. The van der Waals surface area contributed by atoms with Crippen molar-refractivity contribution in [3.8, 4) is 0 Å². The first kappa shape index (κ1) is 14.8. The quantitative estimate of drug-likeness (QED) is 0.283. The van der Waals surface area contributed by atoms with Crippen molar-refractivity contribution in [3.63, 3.8) is 0 Å².